The van der Waals surface area contributed by atoms with Crippen LogP contribution in [-0.4, -0.2) is 48.4 Å². The summed E-state index contributed by atoms with van der Waals surface area (Å²) in [6.45, 7) is 6.11. The molecule has 0 aromatic heterocycles. The summed E-state index contributed by atoms with van der Waals surface area (Å²) in [4.78, 5) is 37.6. The molecule has 1 aromatic rings. The van der Waals surface area contributed by atoms with Gasteiger partial charge in [-0.15, -0.1) is 0 Å². The number of hydrogen-bond acceptors (Lipinski definition) is 7. The number of benzene rings is 1. The van der Waals surface area contributed by atoms with Gasteiger partial charge in [0, 0.05) is 4.47 Å². The molecule has 0 radical (unpaired) electrons. The van der Waals surface area contributed by atoms with Crippen LogP contribution < -0.4 is 9.47 Å². The lowest BCUT2D eigenvalue weighted by Gasteiger charge is -2.18. The molecule has 2 amide bonds. The van der Waals surface area contributed by atoms with Gasteiger partial charge in [-0.3, -0.25) is 14.5 Å². The van der Waals surface area contributed by atoms with Crippen molar-refractivity contribution >= 4 is 50.9 Å². The molecule has 1 aromatic carbocycles. The van der Waals surface area contributed by atoms with Crippen molar-refractivity contribution in [3.05, 3.63) is 27.1 Å². The minimum atomic E-state index is -0.990. The van der Waals surface area contributed by atoms with Crippen LogP contribution >= 0.6 is 27.7 Å². The van der Waals surface area contributed by atoms with E-state index in [-0.39, 0.29) is 4.91 Å². The normalized spacial score (nSPS) is 16.6. The minimum absolute atomic E-state index is 0.211. The molecule has 2 rings (SSSR count). The number of amides is 2. The predicted molar refractivity (Wildman–Crippen MR) is 106 cm³/mol. The van der Waals surface area contributed by atoms with Gasteiger partial charge in [0.1, 0.15) is 6.04 Å². The van der Waals surface area contributed by atoms with Gasteiger partial charge in [-0.05, 0) is 56.3 Å². The largest absolute Gasteiger partial charge is 0.490 e. The summed E-state index contributed by atoms with van der Waals surface area (Å²) in [5.41, 5.74) is 0.651. The van der Waals surface area contributed by atoms with Gasteiger partial charge < -0.3 is 14.2 Å². The fraction of sp³-hybridized carbons (Fsp3) is 0.389. The molecular formula is C18H20BrNO6S. The maximum Gasteiger partial charge on any atom is 0.328 e. The topological polar surface area (TPSA) is 82.1 Å². The molecule has 1 atom stereocenters. The molecule has 0 spiro atoms. The van der Waals surface area contributed by atoms with E-state index < -0.39 is 23.2 Å². The zero-order chi connectivity index (χ0) is 20.1. The van der Waals surface area contributed by atoms with Gasteiger partial charge in [0.2, 0.25) is 0 Å². The Bertz CT molecular complexity index is 794. The Morgan fingerprint density at radius 2 is 1.81 bits per heavy atom. The second-order valence-electron chi connectivity index (χ2n) is 5.44. The van der Waals surface area contributed by atoms with Gasteiger partial charge in [-0.25, -0.2) is 4.79 Å². The van der Waals surface area contributed by atoms with Crippen molar-refractivity contribution in [3.63, 3.8) is 0 Å². The van der Waals surface area contributed by atoms with Gasteiger partial charge in [0.25, 0.3) is 11.1 Å². The molecule has 1 fully saturated rings. The van der Waals surface area contributed by atoms with Crippen LogP contribution in [-0.2, 0) is 14.3 Å². The SMILES string of the molecule is CCOc1cc(Br)c(/C=C2/SC(=O)N([C@H](C)C(=O)OC)C2=O)cc1OCC. The number of halogens is 1. The summed E-state index contributed by atoms with van der Waals surface area (Å²) < 4.78 is 16.5. The highest BCUT2D eigenvalue weighted by molar-refractivity contribution is 9.10. The lowest BCUT2D eigenvalue weighted by molar-refractivity contribution is -0.148. The van der Waals surface area contributed by atoms with Crippen molar-refractivity contribution in [2.45, 2.75) is 26.8 Å². The van der Waals surface area contributed by atoms with E-state index in [0.717, 1.165) is 16.7 Å². The maximum absolute atomic E-state index is 12.6. The fourth-order valence-corrected chi connectivity index (χ4v) is 3.76. The molecular weight excluding hydrogens is 438 g/mol. The summed E-state index contributed by atoms with van der Waals surface area (Å²) in [6.07, 6.45) is 1.58. The molecule has 1 heterocycles. The van der Waals surface area contributed by atoms with Crippen molar-refractivity contribution in [2.24, 2.45) is 0 Å². The lowest BCUT2D eigenvalue weighted by Crippen LogP contribution is -2.42. The number of rotatable bonds is 7. The molecule has 0 bridgehead atoms. The van der Waals surface area contributed by atoms with Crippen LogP contribution in [0.1, 0.15) is 26.3 Å². The summed E-state index contributed by atoms with van der Waals surface area (Å²) in [5.74, 6) is -0.0761. The molecule has 1 saturated heterocycles. The first-order valence-corrected chi connectivity index (χ1v) is 9.88. The Labute approximate surface area is 170 Å². The van der Waals surface area contributed by atoms with Crippen LogP contribution in [0.2, 0.25) is 0 Å². The zero-order valence-electron chi connectivity index (χ0n) is 15.4. The van der Waals surface area contributed by atoms with Crippen molar-refractivity contribution in [3.8, 4) is 11.5 Å². The number of hydrogen-bond donors (Lipinski definition) is 0. The van der Waals surface area contributed by atoms with E-state index in [4.69, 9.17) is 9.47 Å². The van der Waals surface area contributed by atoms with Crippen molar-refractivity contribution in [2.75, 3.05) is 20.3 Å². The standard InChI is InChI=1S/C18H20BrNO6S/c1-5-25-13-7-11(12(19)9-14(13)26-6-2)8-15-16(21)20(18(23)27-15)10(3)17(22)24-4/h7-10H,5-6H2,1-4H3/b15-8+/t10-/m1/s1. The lowest BCUT2D eigenvalue weighted by atomic mass is 10.1. The highest BCUT2D eigenvalue weighted by Gasteiger charge is 2.41. The summed E-state index contributed by atoms with van der Waals surface area (Å²) in [7, 11) is 1.21. The van der Waals surface area contributed by atoms with Crippen LogP contribution in [0.25, 0.3) is 6.08 Å². The molecule has 0 unspecified atom stereocenters. The second kappa shape index (κ2) is 9.27. The minimum Gasteiger partial charge on any atom is -0.490 e. The average Bonchev–Trinajstić information content (AvgIpc) is 2.91. The van der Waals surface area contributed by atoms with E-state index >= 15 is 0 Å². The first kappa shape index (κ1) is 21.3. The van der Waals surface area contributed by atoms with Crippen LogP contribution in [0, 0.1) is 0 Å². The molecule has 0 N–H and O–H groups in total. The molecule has 7 nitrogen and oxygen atoms in total. The maximum atomic E-state index is 12.6. The number of nitrogens with zero attached hydrogens (tertiary/aromatic N) is 1. The van der Waals surface area contributed by atoms with E-state index in [2.05, 4.69) is 20.7 Å². The first-order valence-electron chi connectivity index (χ1n) is 8.28. The van der Waals surface area contributed by atoms with Gasteiger partial charge >= 0.3 is 5.97 Å². The third-order valence-corrected chi connectivity index (χ3v) is 5.27. The van der Waals surface area contributed by atoms with Gasteiger partial charge in [-0.1, -0.05) is 15.9 Å². The number of thioether (sulfide) groups is 1. The van der Waals surface area contributed by atoms with Crippen LogP contribution in [0.15, 0.2) is 21.5 Å². The third-order valence-electron chi connectivity index (χ3n) is 3.70. The predicted octanol–water partition coefficient (Wildman–Crippen LogP) is 3.84. The van der Waals surface area contributed by atoms with Crippen LogP contribution in [0.4, 0.5) is 4.79 Å². The van der Waals surface area contributed by atoms with Crippen LogP contribution in [0.3, 0.4) is 0 Å². The molecule has 1 aliphatic rings. The molecule has 146 valence electrons. The quantitative estimate of drug-likeness (QED) is 0.454. The average molecular weight is 458 g/mol. The highest BCUT2D eigenvalue weighted by Crippen LogP contribution is 2.38. The summed E-state index contributed by atoms with van der Waals surface area (Å²) >= 11 is 4.22. The Balaban J connectivity index is 2.38. The van der Waals surface area contributed by atoms with E-state index in [9.17, 15) is 14.4 Å². The van der Waals surface area contributed by atoms with Gasteiger partial charge in [0.05, 0.1) is 25.2 Å². The number of ether oxygens (including phenoxy) is 3. The van der Waals surface area contributed by atoms with Crippen LogP contribution in [0.5, 0.6) is 11.5 Å². The Hall–Kier alpha value is -2.00. The van der Waals surface area contributed by atoms with E-state index in [1.165, 1.54) is 14.0 Å². The molecule has 27 heavy (non-hydrogen) atoms. The molecule has 1 aliphatic heterocycles. The van der Waals surface area contributed by atoms with E-state index in [1.54, 1.807) is 18.2 Å². The number of imide groups is 1. The molecule has 0 saturated carbocycles. The Kier molecular flexibility index (Phi) is 7.32. The van der Waals surface area contributed by atoms with E-state index in [1.807, 2.05) is 13.8 Å². The Morgan fingerprint density at radius 1 is 1.22 bits per heavy atom. The smallest absolute Gasteiger partial charge is 0.328 e. The zero-order valence-corrected chi connectivity index (χ0v) is 17.8. The first-order chi connectivity index (χ1) is 12.8. The number of methoxy groups -OCH3 is 1. The van der Waals surface area contributed by atoms with Gasteiger partial charge in [-0.2, -0.15) is 0 Å². The number of esters is 1. The van der Waals surface area contributed by atoms with E-state index in [0.29, 0.717) is 34.7 Å². The van der Waals surface area contributed by atoms with Crippen molar-refractivity contribution in [1.29, 1.82) is 0 Å². The fourth-order valence-electron chi connectivity index (χ4n) is 2.43. The van der Waals surface area contributed by atoms with Crippen molar-refractivity contribution < 1.29 is 28.6 Å². The highest BCUT2D eigenvalue weighted by atomic mass is 79.9. The molecule has 9 heteroatoms. The van der Waals surface area contributed by atoms with Gasteiger partial charge in [0.15, 0.2) is 11.5 Å². The Morgan fingerprint density at radius 3 is 2.37 bits per heavy atom. The summed E-state index contributed by atoms with van der Waals surface area (Å²) in [6, 6.07) is 2.49. The van der Waals surface area contributed by atoms with Crippen molar-refractivity contribution in [1.82, 2.24) is 4.90 Å². The summed E-state index contributed by atoms with van der Waals surface area (Å²) in [5, 5.41) is -0.517. The number of carbonyl (C=O) groups is 3. The monoisotopic (exact) mass is 457 g/mol. The second-order valence-corrected chi connectivity index (χ2v) is 7.28. The number of carbonyl (C=O) groups excluding carboxylic acids is 3. The molecule has 0 aliphatic carbocycles. The third kappa shape index (κ3) is 4.65.